The van der Waals surface area contributed by atoms with Crippen LogP contribution in [0.2, 0.25) is 0 Å². The molecular weight excluding hydrogens is 412 g/mol. The molecule has 5 heteroatoms. The zero-order valence-electron chi connectivity index (χ0n) is 18.9. The van der Waals surface area contributed by atoms with Crippen molar-refractivity contribution in [3.05, 3.63) is 120 Å². The summed E-state index contributed by atoms with van der Waals surface area (Å²) in [5.74, 6) is 1.94. The lowest BCUT2D eigenvalue weighted by Gasteiger charge is -2.26. The minimum absolute atomic E-state index is 0.286. The van der Waals surface area contributed by atoms with E-state index in [9.17, 15) is 5.11 Å². The summed E-state index contributed by atoms with van der Waals surface area (Å²) in [6.45, 7) is 2.43. The SMILES string of the molecule is CN(CCCOc1ccccc1)CCc1cnc(C(O)(c2ccccc2)c2ccccc2)o1. The first-order chi connectivity index (χ1) is 16.2. The summed E-state index contributed by atoms with van der Waals surface area (Å²) in [7, 11) is 2.09. The van der Waals surface area contributed by atoms with Gasteiger partial charge in [-0.1, -0.05) is 78.9 Å². The van der Waals surface area contributed by atoms with Crippen LogP contribution in [0.3, 0.4) is 0 Å². The number of aromatic nitrogens is 1. The summed E-state index contributed by atoms with van der Waals surface area (Å²) in [6, 6.07) is 28.9. The highest BCUT2D eigenvalue weighted by Crippen LogP contribution is 2.36. The Morgan fingerprint density at radius 1 is 0.848 bits per heavy atom. The van der Waals surface area contributed by atoms with Gasteiger partial charge in [-0.2, -0.15) is 0 Å². The molecule has 0 unspecified atom stereocenters. The smallest absolute Gasteiger partial charge is 0.235 e. The van der Waals surface area contributed by atoms with E-state index in [0.717, 1.165) is 42.1 Å². The molecule has 4 aromatic rings. The van der Waals surface area contributed by atoms with Crippen molar-refractivity contribution in [2.75, 3.05) is 26.7 Å². The lowest BCUT2D eigenvalue weighted by molar-refractivity contribution is 0.0911. The quantitative estimate of drug-likeness (QED) is 0.335. The van der Waals surface area contributed by atoms with E-state index >= 15 is 0 Å². The molecule has 170 valence electrons. The monoisotopic (exact) mass is 442 g/mol. The average molecular weight is 443 g/mol. The van der Waals surface area contributed by atoms with E-state index in [1.165, 1.54) is 0 Å². The van der Waals surface area contributed by atoms with E-state index in [1.54, 1.807) is 6.20 Å². The molecule has 0 aliphatic rings. The van der Waals surface area contributed by atoms with Crippen molar-refractivity contribution < 1.29 is 14.3 Å². The average Bonchev–Trinajstić information content (AvgIpc) is 3.36. The van der Waals surface area contributed by atoms with Gasteiger partial charge in [0.15, 0.2) is 5.60 Å². The second-order valence-corrected chi connectivity index (χ2v) is 8.14. The van der Waals surface area contributed by atoms with Crippen molar-refractivity contribution in [3.63, 3.8) is 0 Å². The van der Waals surface area contributed by atoms with Crippen molar-refractivity contribution in [1.82, 2.24) is 9.88 Å². The molecule has 1 heterocycles. The Balaban J connectivity index is 1.36. The minimum Gasteiger partial charge on any atom is -0.494 e. The number of ether oxygens (including phenoxy) is 1. The second-order valence-electron chi connectivity index (χ2n) is 8.14. The second kappa shape index (κ2) is 10.9. The summed E-state index contributed by atoms with van der Waals surface area (Å²) in [4.78, 5) is 6.72. The number of hydrogen-bond acceptors (Lipinski definition) is 5. The number of oxazole rings is 1. The van der Waals surface area contributed by atoms with Crippen LogP contribution in [0.15, 0.2) is 102 Å². The van der Waals surface area contributed by atoms with Crippen LogP contribution in [0.25, 0.3) is 0 Å². The molecule has 0 aliphatic carbocycles. The number of rotatable bonds is 11. The van der Waals surface area contributed by atoms with Crippen molar-refractivity contribution in [2.45, 2.75) is 18.4 Å². The Bertz CT molecular complexity index is 1060. The van der Waals surface area contributed by atoms with Crippen LogP contribution in [0.5, 0.6) is 5.75 Å². The van der Waals surface area contributed by atoms with Gasteiger partial charge in [0.1, 0.15) is 11.5 Å². The Morgan fingerprint density at radius 2 is 1.42 bits per heavy atom. The van der Waals surface area contributed by atoms with E-state index in [4.69, 9.17) is 9.15 Å². The molecule has 0 saturated heterocycles. The zero-order chi connectivity index (χ0) is 22.9. The predicted molar refractivity (Wildman–Crippen MR) is 129 cm³/mol. The largest absolute Gasteiger partial charge is 0.494 e. The van der Waals surface area contributed by atoms with Crippen LogP contribution < -0.4 is 4.74 Å². The molecule has 0 atom stereocenters. The van der Waals surface area contributed by atoms with Crippen LogP contribution in [-0.4, -0.2) is 41.7 Å². The van der Waals surface area contributed by atoms with Crippen molar-refractivity contribution in [3.8, 4) is 5.75 Å². The Kier molecular flexibility index (Phi) is 7.55. The number of benzene rings is 3. The molecule has 0 saturated carbocycles. The molecule has 3 aromatic carbocycles. The zero-order valence-corrected chi connectivity index (χ0v) is 18.9. The molecule has 1 N–H and O–H groups in total. The van der Waals surface area contributed by atoms with Crippen LogP contribution >= 0.6 is 0 Å². The van der Waals surface area contributed by atoms with E-state index in [1.807, 2.05) is 91.0 Å². The van der Waals surface area contributed by atoms with Crippen LogP contribution in [0.1, 0.15) is 29.2 Å². The van der Waals surface area contributed by atoms with Gasteiger partial charge in [0.2, 0.25) is 5.89 Å². The minimum atomic E-state index is -1.44. The molecule has 33 heavy (non-hydrogen) atoms. The maximum atomic E-state index is 11.8. The van der Waals surface area contributed by atoms with E-state index < -0.39 is 5.60 Å². The van der Waals surface area contributed by atoms with Gasteiger partial charge < -0.3 is 19.2 Å². The summed E-state index contributed by atoms with van der Waals surface area (Å²) < 4.78 is 11.8. The summed E-state index contributed by atoms with van der Waals surface area (Å²) >= 11 is 0. The van der Waals surface area contributed by atoms with Gasteiger partial charge in [-0.05, 0) is 36.7 Å². The topological polar surface area (TPSA) is 58.7 Å². The van der Waals surface area contributed by atoms with Gasteiger partial charge in [-0.15, -0.1) is 0 Å². The molecule has 4 rings (SSSR count). The molecule has 5 nitrogen and oxygen atoms in total. The summed E-state index contributed by atoms with van der Waals surface area (Å²) in [5, 5.41) is 11.8. The molecule has 1 aromatic heterocycles. The number of para-hydroxylation sites is 1. The third kappa shape index (κ3) is 5.69. The normalized spacial score (nSPS) is 11.6. The van der Waals surface area contributed by atoms with Gasteiger partial charge in [-0.3, -0.25) is 0 Å². The Hall–Kier alpha value is -3.41. The van der Waals surface area contributed by atoms with Gasteiger partial charge in [0.05, 0.1) is 12.8 Å². The first-order valence-corrected chi connectivity index (χ1v) is 11.3. The molecular formula is C28H30N2O3. The highest BCUT2D eigenvalue weighted by Gasteiger charge is 2.38. The number of nitrogens with zero attached hydrogens (tertiary/aromatic N) is 2. The first kappa shape index (κ1) is 22.8. The van der Waals surface area contributed by atoms with Gasteiger partial charge in [0.25, 0.3) is 0 Å². The fourth-order valence-electron chi connectivity index (χ4n) is 3.82. The van der Waals surface area contributed by atoms with Crippen LogP contribution in [0.4, 0.5) is 0 Å². The number of likely N-dealkylation sites (N-methyl/N-ethyl adjacent to an activating group) is 1. The summed E-state index contributed by atoms with van der Waals surface area (Å²) in [5.41, 5.74) is 0.00169. The highest BCUT2D eigenvalue weighted by atomic mass is 16.5. The van der Waals surface area contributed by atoms with Gasteiger partial charge in [0, 0.05) is 19.5 Å². The Labute approximate surface area is 195 Å². The molecule has 0 aliphatic heterocycles. The van der Waals surface area contributed by atoms with E-state index in [2.05, 4.69) is 16.9 Å². The highest BCUT2D eigenvalue weighted by molar-refractivity contribution is 5.41. The fourth-order valence-corrected chi connectivity index (χ4v) is 3.82. The molecule has 0 bridgehead atoms. The molecule has 0 spiro atoms. The summed E-state index contributed by atoms with van der Waals surface area (Å²) in [6.07, 6.45) is 3.37. The lowest BCUT2D eigenvalue weighted by Crippen LogP contribution is -2.29. The van der Waals surface area contributed by atoms with E-state index in [-0.39, 0.29) is 5.89 Å². The van der Waals surface area contributed by atoms with Gasteiger partial charge >= 0.3 is 0 Å². The van der Waals surface area contributed by atoms with E-state index in [0.29, 0.717) is 13.0 Å². The third-order valence-electron chi connectivity index (χ3n) is 5.68. The van der Waals surface area contributed by atoms with Crippen LogP contribution in [-0.2, 0) is 12.0 Å². The van der Waals surface area contributed by atoms with Crippen LogP contribution in [0, 0.1) is 0 Å². The van der Waals surface area contributed by atoms with Crippen molar-refractivity contribution in [2.24, 2.45) is 0 Å². The predicted octanol–water partition coefficient (Wildman–Crippen LogP) is 4.90. The number of aliphatic hydroxyl groups is 1. The van der Waals surface area contributed by atoms with Crippen molar-refractivity contribution in [1.29, 1.82) is 0 Å². The van der Waals surface area contributed by atoms with Crippen molar-refractivity contribution >= 4 is 0 Å². The molecule has 0 amide bonds. The molecule has 0 radical (unpaired) electrons. The first-order valence-electron chi connectivity index (χ1n) is 11.3. The number of hydrogen-bond donors (Lipinski definition) is 1. The maximum Gasteiger partial charge on any atom is 0.235 e. The molecule has 0 fully saturated rings. The Morgan fingerprint density at radius 3 is 2.03 bits per heavy atom. The fraction of sp³-hybridized carbons (Fsp3) is 0.250. The standard InChI is InChI=1S/C28H30N2O3/c1-30(19-11-21-32-25-16-9-4-10-17-25)20-18-26-22-29-27(33-26)28(31,23-12-5-2-6-13-23)24-14-7-3-8-15-24/h2-10,12-17,22,31H,11,18-21H2,1H3. The lowest BCUT2D eigenvalue weighted by atomic mass is 9.86. The third-order valence-corrected chi connectivity index (χ3v) is 5.68. The van der Waals surface area contributed by atoms with Gasteiger partial charge in [-0.25, -0.2) is 4.98 Å². The maximum absolute atomic E-state index is 11.8.